The fourth-order valence-corrected chi connectivity index (χ4v) is 5.33. The van der Waals surface area contributed by atoms with Gasteiger partial charge in [0.15, 0.2) is 0 Å². The molecular weight excluding hydrogens is 422 g/mol. The minimum atomic E-state index is -0.628. The van der Waals surface area contributed by atoms with Gasteiger partial charge in [0.25, 0.3) is 0 Å². The lowest BCUT2D eigenvalue weighted by Crippen LogP contribution is -2.45. The molecule has 0 amide bonds. The van der Waals surface area contributed by atoms with Crippen LogP contribution in [-0.2, 0) is 6.42 Å². The molecule has 7 nitrogen and oxygen atoms in total. The average molecular weight is 452 g/mol. The zero-order chi connectivity index (χ0) is 22.0. The number of aliphatic hydroxyl groups is 1. The Balaban J connectivity index is 1.14. The highest BCUT2D eigenvalue weighted by Crippen LogP contribution is 2.33. The molecule has 1 aromatic carbocycles. The average Bonchev–Trinajstić information content (AvgIpc) is 3.30. The van der Waals surface area contributed by atoms with Crippen molar-refractivity contribution in [2.45, 2.75) is 50.2 Å². The predicted octanol–water partition coefficient (Wildman–Crippen LogP) is 1.78. The van der Waals surface area contributed by atoms with Crippen LogP contribution in [0.5, 0.6) is 5.75 Å². The van der Waals surface area contributed by atoms with Crippen LogP contribution in [0.2, 0.25) is 0 Å². The molecule has 1 fully saturated rings. The highest BCUT2D eigenvalue weighted by Gasteiger charge is 2.33. The molecule has 0 unspecified atom stereocenters. The molecule has 1 aliphatic carbocycles. The summed E-state index contributed by atoms with van der Waals surface area (Å²) >= 11 is 1.55. The first-order valence-corrected chi connectivity index (χ1v) is 12.0. The van der Waals surface area contributed by atoms with Gasteiger partial charge in [0.05, 0.1) is 35.1 Å². The molecule has 0 radical (unpaired) electrons. The minimum Gasteiger partial charge on any atom is -0.497 e. The van der Waals surface area contributed by atoms with E-state index in [2.05, 4.69) is 36.8 Å². The van der Waals surface area contributed by atoms with Crippen molar-refractivity contribution >= 4 is 34.7 Å². The van der Waals surface area contributed by atoms with Crippen LogP contribution in [0.25, 0.3) is 23.2 Å². The van der Waals surface area contributed by atoms with E-state index in [4.69, 9.17) is 4.74 Å². The van der Waals surface area contributed by atoms with E-state index in [-0.39, 0.29) is 0 Å². The molecule has 2 aromatic heterocycles. The summed E-state index contributed by atoms with van der Waals surface area (Å²) in [6, 6.07) is 6.30. The van der Waals surface area contributed by atoms with Gasteiger partial charge < -0.3 is 14.7 Å². The number of benzene rings is 1. The number of rotatable bonds is 7. The summed E-state index contributed by atoms with van der Waals surface area (Å²) in [5.74, 6) is 0.800. The van der Waals surface area contributed by atoms with Gasteiger partial charge in [-0.25, -0.2) is 9.97 Å². The quantitative estimate of drug-likeness (QED) is 0.567. The highest BCUT2D eigenvalue weighted by atomic mass is 32.1. The third-order valence-electron chi connectivity index (χ3n) is 6.71. The van der Waals surface area contributed by atoms with Gasteiger partial charge in [-0.3, -0.25) is 5.32 Å². The smallest absolute Gasteiger partial charge is 0.119 e. The molecule has 0 saturated heterocycles. The number of nitrogens with zero attached hydrogens (tertiary/aromatic N) is 4. The van der Waals surface area contributed by atoms with Crippen LogP contribution in [0.1, 0.15) is 37.8 Å². The molecule has 8 heteroatoms. The van der Waals surface area contributed by atoms with E-state index >= 15 is 0 Å². The lowest BCUT2D eigenvalue weighted by molar-refractivity contribution is -0.0114. The van der Waals surface area contributed by atoms with Crippen molar-refractivity contribution in [3.05, 3.63) is 46.2 Å². The number of hydrogen-bond acceptors (Lipinski definition) is 8. The van der Waals surface area contributed by atoms with E-state index in [1.165, 1.54) is 9.75 Å². The second kappa shape index (κ2) is 9.13. The summed E-state index contributed by atoms with van der Waals surface area (Å²) in [6.45, 7) is 1.74. The van der Waals surface area contributed by atoms with Crippen LogP contribution in [-0.4, -0.2) is 56.3 Å². The number of ether oxygens (including phenoxy) is 1. The van der Waals surface area contributed by atoms with Crippen molar-refractivity contribution in [2.24, 2.45) is 0 Å². The molecule has 0 atom stereocenters. The van der Waals surface area contributed by atoms with Gasteiger partial charge in [-0.05, 0) is 74.3 Å². The molecular formula is C24H29N5O2S. The number of methoxy groups -OCH3 is 1. The third-order valence-corrected chi connectivity index (χ3v) is 7.52. The van der Waals surface area contributed by atoms with Crippen molar-refractivity contribution in [1.29, 1.82) is 0 Å². The van der Waals surface area contributed by atoms with Gasteiger partial charge in [0.1, 0.15) is 12.1 Å². The molecule has 1 saturated carbocycles. The standard InChI is InChI=1S/C24H29N5O2S/c1-31-19-2-3-21-20(12-19)22(26-15-25-21)6-10-24(30)8-4-18(5-9-24)27-16-29-11-7-23-17(14-29)13-28-32-23/h2-3,7,12-15,18,27,30H,4-6,8-11,16H2,1H3. The van der Waals surface area contributed by atoms with Crippen LogP contribution in [0, 0.1) is 0 Å². The normalized spacial score (nSPS) is 22.8. The first-order chi connectivity index (χ1) is 15.6. The summed E-state index contributed by atoms with van der Waals surface area (Å²) < 4.78 is 10.9. The molecule has 1 aliphatic heterocycles. The Morgan fingerprint density at radius 2 is 2.16 bits per heavy atom. The predicted molar refractivity (Wildman–Crippen MR) is 127 cm³/mol. The number of hydrogen-bond donors (Lipinski definition) is 2. The number of nitrogens with one attached hydrogen (secondary N) is 1. The SMILES string of the molecule is COc1ccc2ncnc(CCC3(O)CCC(NCN4C=c5cnsc5=CC4)CC3)c2c1. The van der Waals surface area contributed by atoms with Crippen LogP contribution in [0.4, 0.5) is 0 Å². The van der Waals surface area contributed by atoms with Crippen LogP contribution < -0.4 is 19.8 Å². The fraction of sp³-hybridized carbons (Fsp3) is 0.458. The monoisotopic (exact) mass is 451 g/mol. The summed E-state index contributed by atoms with van der Waals surface area (Å²) in [6.07, 6.45) is 13.0. The summed E-state index contributed by atoms with van der Waals surface area (Å²) in [5, 5.41) is 17.1. The Bertz CT molecular complexity index is 1200. The number of aryl methyl sites for hydroxylation is 1. The van der Waals surface area contributed by atoms with Crippen molar-refractivity contribution in [3.63, 3.8) is 0 Å². The first kappa shape index (κ1) is 21.3. The van der Waals surface area contributed by atoms with Crippen molar-refractivity contribution in [2.75, 3.05) is 20.3 Å². The van der Waals surface area contributed by atoms with Gasteiger partial charge in [0.2, 0.25) is 0 Å². The Morgan fingerprint density at radius 1 is 1.28 bits per heavy atom. The maximum absolute atomic E-state index is 11.2. The van der Waals surface area contributed by atoms with E-state index in [9.17, 15) is 5.11 Å². The molecule has 0 spiro atoms. The van der Waals surface area contributed by atoms with Crippen molar-refractivity contribution < 1.29 is 9.84 Å². The maximum atomic E-state index is 11.2. The van der Waals surface area contributed by atoms with E-state index in [1.807, 2.05) is 24.4 Å². The third kappa shape index (κ3) is 4.62. The van der Waals surface area contributed by atoms with Crippen molar-refractivity contribution in [3.8, 4) is 5.75 Å². The van der Waals surface area contributed by atoms with Gasteiger partial charge in [-0.15, -0.1) is 0 Å². The molecule has 32 heavy (non-hydrogen) atoms. The van der Waals surface area contributed by atoms with E-state index in [0.29, 0.717) is 12.5 Å². The number of fused-ring (bicyclic) bond motifs is 2. The van der Waals surface area contributed by atoms with E-state index < -0.39 is 5.60 Å². The zero-order valence-corrected chi connectivity index (χ0v) is 19.1. The summed E-state index contributed by atoms with van der Waals surface area (Å²) in [4.78, 5) is 11.1. The van der Waals surface area contributed by atoms with E-state index in [1.54, 1.807) is 25.0 Å². The Hall–Kier alpha value is -2.55. The van der Waals surface area contributed by atoms with Crippen molar-refractivity contribution in [1.82, 2.24) is 24.6 Å². The topological polar surface area (TPSA) is 83.4 Å². The molecule has 2 aliphatic rings. The maximum Gasteiger partial charge on any atom is 0.119 e. The molecule has 3 aromatic rings. The second-order valence-electron chi connectivity index (χ2n) is 8.81. The second-order valence-corrected chi connectivity index (χ2v) is 9.65. The summed E-state index contributed by atoms with van der Waals surface area (Å²) in [5.41, 5.74) is 1.26. The van der Waals surface area contributed by atoms with Crippen LogP contribution >= 0.6 is 11.5 Å². The van der Waals surface area contributed by atoms with Crippen LogP contribution in [0.3, 0.4) is 0 Å². The lowest BCUT2D eigenvalue weighted by Gasteiger charge is -2.37. The Kier molecular flexibility index (Phi) is 6.08. The van der Waals surface area contributed by atoms with Gasteiger partial charge in [-0.2, -0.15) is 4.37 Å². The van der Waals surface area contributed by atoms with Gasteiger partial charge in [0, 0.05) is 35.6 Å². The largest absolute Gasteiger partial charge is 0.497 e. The molecule has 168 valence electrons. The summed E-state index contributed by atoms with van der Waals surface area (Å²) in [7, 11) is 1.66. The zero-order valence-electron chi connectivity index (χ0n) is 18.3. The Morgan fingerprint density at radius 3 is 3.00 bits per heavy atom. The molecule has 3 heterocycles. The molecule has 5 rings (SSSR count). The first-order valence-electron chi connectivity index (χ1n) is 11.2. The van der Waals surface area contributed by atoms with Crippen LogP contribution in [0.15, 0.2) is 30.7 Å². The molecule has 2 N–H and O–H groups in total. The Labute approximate surface area is 191 Å². The molecule has 0 bridgehead atoms. The highest BCUT2D eigenvalue weighted by molar-refractivity contribution is 7.03. The van der Waals surface area contributed by atoms with Gasteiger partial charge >= 0.3 is 0 Å². The van der Waals surface area contributed by atoms with E-state index in [0.717, 1.165) is 67.7 Å². The van der Waals surface area contributed by atoms with Gasteiger partial charge in [-0.1, -0.05) is 0 Å². The fourth-order valence-electron chi connectivity index (χ4n) is 4.69. The minimum absolute atomic E-state index is 0.440. The number of aromatic nitrogens is 3. The lowest BCUT2D eigenvalue weighted by atomic mass is 9.79.